The minimum Gasteiger partial charge on any atom is -0.445 e. The Balaban J connectivity index is 2.04. The molecule has 2 atom stereocenters. The van der Waals surface area contributed by atoms with Gasteiger partial charge >= 0.3 is 12.2 Å². The third-order valence-electron chi connectivity index (χ3n) is 4.46. The lowest BCUT2D eigenvalue weighted by molar-refractivity contribution is -0.198. The molecule has 0 unspecified atom stereocenters. The zero-order chi connectivity index (χ0) is 21.9. The van der Waals surface area contributed by atoms with Gasteiger partial charge in [-0.1, -0.05) is 42.5 Å². The summed E-state index contributed by atoms with van der Waals surface area (Å²) in [6.07, 6.45) is 3.39. The van der Waals surface area contributed by atoms with Gasteiger partial charge in [-0.2, -0.15) is 10.0 Å². The molecule has 30 heavy (non-hydrogen) atoms. The van der Waals surface area contributed by atoms with Crippen molar-refractivity contribution in [2.45, 2.75) is 58.3 Å². The van der Waals surface area contributed by atoms with Crippen molar-refractivity contribution >= 4 is 18.0 Å². The fourth-order valence-electron chi connectivity index (χ4n) is 3.19. The van der Waals surface area contributed by atoms with Crippen LogP contribution in [0.25, 0.3) is 0 Å². The number of carbonyl (C=O) groups excluding carboxylic acids is 3. The van der Waals surface area contributed by atoms with Crippen molar-refractivity contribution in [2.24, 2.45) is 0 Å². The molecule has 1 aromatic carbocycles. The SMILES string of the molecule is CC(C)OC(=O)N1[C@H]2C=CC(=O)[C@](OCc3ccccc3)(C=C2)N1C(=O)OC(C)C. The molecule has 2 amide bonds. The Morgan fingerprint density at radius 3 is 2.27 bits per heavy atom. The maximum absolute atomic E-state index is 13.1. The van der Waals surface area contributed by atoms with Crippen LogP contribution in [0.5, 0.6) is 0 Å². The van der Waals surface area contributed by atoms with E-state index in [0.717, 1.165) is 15.6 Å². The minimum atomic E-state index is -1.87. The molecule has 3 aliphatic rings. The van der Waals surface area contributed by atoms with E-state index in [2.05, 4.69) is 0 Å². The van der Waals surface area contributed by atoms with Gasteiger partial charge < -0.3 is 14.2 Å². The van der Waals surface area contributed by atoms with Crippen LogP contribution in [0.3, 0.4) is 0 Å². The van der Waals surface area contributed by atoms with Crippen molar-refractivity contribution in [3.05, 3.63) is 60.2 Å². The van der Waals surface area contributed by atoms with Gasteiger partial charge in [-0.25, -0.2) is 9.59 Å². The number of ether oxygens (including phenoxy) is 3. The van der Waals surface area contributed by atoms with E-state index < -0.39 is 41.9 Å². The first-order chi connectivity index (χ1) is 14.2. The lowest BCUT2D eigenvalue weighted by Gasteiger charge is -2.47. The van der Waals surface area contributed by atoms with Gasteiger partial charge in [-0.05, 0) is 45.4 Å². The Morgan fingerprint density at radius 2 is 1.63 bits per heavy atom. The summed E-state index contributed by atoms with van der Waals surface area (Å²) in [7, 11) is 0. The lowest BCUT2D eigenvalue weighted by atomic mass is 10.1. The second kappa shape index (κ2) is 8.71. The Kier molecular flexibility index (Phi) is 6.26. The number of hydrogen-bond acceptors (Lipinski definition) is 6. The smallest absolute Gasteiger partial charge is 0.432 e. The highest BCUT2D eigenvalue weighted by atomic mass is 16.6. The van der Waals surface area contributed by atoms with Crippen LogP contribution in [0.15, 0.2) is 54.6 Å². The molecule has 0 saturated heterocycles. The van der Waals surface area contributed by atoms with E-state index in [9.17, 15) is 14.4 Å². The molecule has 0 aromatic heterocycles. The highest BCUT2D eigenvalue weighted by Crippen LogP contribution is 2.35. The molecule has 160 valence electrons. The van der Waals surface area contributed by atoms with Gasteiger partial charge in [0.15, 0.2) is 0 Å². The Morgan fingerprint density at radius 1 is 1.00 bits per heavy atom. The molecule has 8 heteroatoms. The summed E-state index contributed by atoms with van der Waals surface area (Å²) >= 11 is 0. The number of carbonyl (C=O) groups is 3. The first-order valence-electron chi connectivity index (χ1n) is 9.85. The van der Waals surface area contributed by atoms with Gasteiger partial charge in [0, 0.05) is 0 Å². The van der Waals surface area contributed by atoms with Crippen molar-refractivity contribution in [3.63, 3.8) is 0 Å². The van der Waals surface area contributed by atoms with Gasteiger partial charge in [-0.3, -0.25) is 4.79 Å². The Hall–Kier alpha value is -3.13. The molecule has 2 bridgehead atoms. The summed E-state index contributed by atoms with van der Waals surface area (Å²) in [6.45, 7) is 6.79. The first-order valence-corrected chi connectivity index (χ1v) is 9.85. The van der Waals surface area contributed by atoms with E-state index >= 15 is 0 Å². The number of hydrazine groups is 1. The first kappa shape index (κ1) is 21.6. The van der Waals surface area contributed by atoms with E-state index in [1.165, 1.54) is 18.2 Å². The zero-order valence-electron chi connectivity index (χ0n) is 17.5. The molecule has 4 rings (SSSR count). The van der Waals surface area contributed by atoms with E-state index in [-0.39, 0.29) is 6.61 Å². The molecule has 1 aliphatic carbocycles. The second-order valence-electron chi connectivity index (χ2n) is 7.57. The fourth-order valence-corrected chi connectivity index (χ4v) is 3.19. The molecule has 0 fully saturated rings. The topological polar surface area (TPSA) is 85.4 Å². The molecule has 0 saturated carbocycles. The van der Waals surface area contributed by atoms with Crippen LogP contribution in [0.2, 0.25) is 0 Å². The van der Waals surface area contributed by atoms with Crippen LogP contribution in [-0.4, -0.2) is 52.0 Å². The standard InChI is InChI=1S/C22H26N2O6/c1-15(2)29-20(26)23-18-10-11-19(25)22(13-12-18,24(23)21(27)30-16(3)4)28-14-17-8-6-5-7-9-17/h5-13,15-16,18H,14H2,1-4H3/t18-,22+/m0/s1. The Labute approximate surface area is 175 Å². The molecule has 1 aromatic rings. The molecule has 0 N–H and O–H groups in total. The number of fused-ring (bicyclic) bond motifs is 2. The number of amides is 2. The average Bonchev–Trinajstić information content (AvgIpc) is 2.92. The second-order valence-corrected chi connectivity index (χ2v) is 7.57. The van der Waals surface area contributed by atoms with Crippen LogP contribution >= 0.6 is 0 Å². The summed E-state index contributed by atoms with van der Waals surface area (Å²) in [5.74, 6) is -0.502. The third-order valence-corrected chi connectivity index (χ3v) is 4.46. The lowest BCUT2D eigenvalue weighted by Crippen LogP contribution is -2.68. The fraction of sp³-hybridized carbons (Fsp3) is 0.409. The highest BCUT2D eigenvalue weighted by molar-refractivity contribution is 6.02. The molecule has 0 spiro atoms. The third kappa shape index (κ3) is 4.23. The van der Waals surface area contributed by atoms with Crippen molar-refractivity contribution in [1.29, 1.82) is 0 Å². The van der Waals surface area contributed by atoms with E-state index in [1.807, 2.05) is 30.3 Å². The van der Waals surface area contributed by atoms with Crippen molar-refractivity contribution in [3.8, 4) is 0 Å². The highest BCUT2D eigenvalue weighted by Gasteiger charge is 2.56. The van der Waals surface area contributed by atoms with Gasteiger partial charge in [-0.15, -0.1) is 0 Å². The zero-order valence-corrected chi connectivity index (χ0v) is 17.5. The summed E-state index contributed by atoms with van der Waals surface area (Å²) in [5, 5.41) is 1.99. The van der Waals surface area contributed by atoms with Crippen molar-refractivity contribution in [1.82, 2.24) is 10.0 Å². The van der Waals surface area contributed by atoms with Gasteiger partial charge in [0.05, 0.1) is 24.9 Å². The summed E-state index contributed by atoms with van der Waals surface area (Å²) in [5.41, 5.74) is -1.07. The van der Waals surface area contributed by atoms with Crippen LogP contribution in [0, 0.1) is 0 Å². The molecular formula is C22H26N2O6. The van der Waals surface area contributed by atoms with Crippen molar-refractivity contribution in [2.75, 3.05) is 0 Å². The summed E-state index contributed by atoms with van der Waals surface area (Å²) < 4.78 is 16.7. The van der Waals surface area contributed by atoms with Crippen LogP contribution in [-0.2, 0) is 25.6 Å². The molecule has 0 radical (unpaired) electrons. The minimum absolute atomic E-state index is 0.0357. The Bertz CT molecular complexity index is 864. The normalized spacial score (nSPS) is 22.6. The van der Waals surface area contributed by atoms with Gasteiger partial charge in [0.2, 0.25) is 11.5 Å². The molecule has 8 nitrogen and oxygen atoms in total. The van der Waals surface area contributed by atoms with Crippen LogP contribution < -0.4 is 0 Å². The largest absolute Gasteiger partial charge is 0.445 e. The molecular weight excluding hydrogens is 388 g/mol. The molecule has 2 heterocycles. The average molecular weight is 414 g/mol. The predicted octanol–water partition coefficient (Wildman–Crippen LogP) is 3.59. The maximum Gasteiger partial charge on any atom is 0.432 e. The van der Waals surface area contributed by atoms with E-state index in [1.54, 1.807) is 33.8 Å². The number of hydrogen-bond donors (Lipinski definition) is 0. The quantitative estimate of drug-likeness (QED) is 0.685. The van der Waals surface area contributed by atoms with Crippen LogP contribution in [0.4, 0.5) is 9.59 Å². The molecule has 2 aliphatic heterocycles. The summed E-state index contributed by atoms with van der Waals surface area (Å²) in [6, 6.07) is 8.53. The van der Waals surface area contributed by atoms with E-state index in [4.69, 9.17) is 14.2 Å². The number of benzene rings is 1. The van der Waals surface area contributed by atoms with Gasteiger partial charge in [0.1, 0.15) is 0 Å². The monoisotopic (exact) mass is 414 g/mol. The van der Waals surface area contributed by atoms with Gasteiger partial charge in [0.25, 0.3) is 0 Å². The maximum atomic E-state index is 13.1. The predicted molar refractivity (Wildman–Crippen MR) is 108 cm³/mol. The number of nitrogens with zero attached hydrogens (tertiary/aromatic N) is 2. The van der Waals surface area contributed by atoms with Crippen LogP contribution in [0.1, 0.15) is 33.3 Å². The van der Waals surface area contributed by atoms with Crippen molar-refractivity contribution < 1.29 is 28.6 Å². The summed E-state index contributed by atoms with van der Waals surface area (Å²) in [4.78, 5) is 39.1. The number of rotatable bonds is 5. The van der Waals surface area contributed by atoms with E-state index in [0.29, 0.717) is 0 Å². The number of ketones is 1.